The lowest BCUT2D eigenvalue weighted by atomic mass is 10.1. The first-order valence-corrected chi connectivity index (χ1v) is 11.3. The molecule has 4 rings (SSSR count). The highest BCUT2D eigenvalue weighted by Crippen LogP contribution is 2.34. The van der Waals surface area contributed by atoms with Crippen LogP contribution in [0.4, 0.5) is 5.95 Å². The lowest BCUT2D eigenvalue weighted by molar-refractivity contribution is 0.0828. The number of fused-ring (bicyclic) bond motifs is 5. The number of aromatic nitrogens is 2. The maximum atomic E-state index is 13.1. The van der Waals surface area contributed by atoms with E-state index in [1.54, 1.807) is 50.5 Å². The summed E-state index contributed by atoms with van der Waals surface area (Å²) in [6.07, 6.45) is 2.40. The van der Waals surface area contributed by atoms with Crippen molar-refractivity contribution < 1.29 is 14.4 Å². The van der Waals surface area contributed by atoms with Crippen LogP contribution in [-0.2, 0) is 0 Å². The fourth-order valence-electron chi connectivity index (χ4n) is 4.08. The van der Waals surface area contributed by atoms with Crippen molar-refractivity contribution in [1.82, 2.24) is 19.8 Å². The van der Waals surface area contributed by atoms with E-state index in [1.165, 1.54) is 4.90 Å². The number of carbonyl (C=O) groups excluding carboxylic acids is 3. The van der Waals surface area contributed by atoms with Gasteiger partial charge in [0.15, 0.2) is 0 Å². The molecule has 2 heterocycles. The molecule has 0 radical (unpaired) electrons. The van der Waals surface area contributed by atoms with E-state index in [4.69, 9.17) is 11.6 Å². The molecule has 2 N–H and O–H groups in total. The van der Waals surface area contributed by atoms with Gasteiger partial charge in [-0.05, 0) is 56.5 Å². The van der Waals surface area contributed by atoms with Crippen LogP contribution in [0.3, 0.4) is 0 Å². The molecular formula is C24H26ClN5O3. The van der Waals surface area contributed by atoms with E-state index in [9.17, 15) is 14.4 Å². The fourth-order valence-corrected chi connectivity index (χ4v) is 4.31. The number of benzene rings is 2. The highest BCUT2D eigenvalue weighted by molar-refractivity contribution is 6.35. The summed E-state index contributed by atoms with van der Waals surface area (Å²) in [7, 11) is 3.34. The number of hydrogen-bond acceptors (Lipinski definition) is 4. The maximum Gasteiger partial charge on any atom is 0.257 e. The third-order valence-electron chi connectivity index (χ3n) is 5.81. The summed E-state index contributed by atoms with van der Waals surface area (Å²) in [6.45, 7) is 2.56. The van der Waals surface area contributed by atoms with Gasteiger partial charge < -0.3 is 14.8 Å². The van der Waals surface area contributed by atoms with Crippen LogP contribution in [0.15, 0.2) is 36.4 Å². The van der Waals surface area contributed by atoms with Crippen molar-refractivity contribution in [3.63, 3.8) is 0 Å². The SMILES string of the molecule is C[C@@H]1CCCCNC(=O)c2cccc(c2)C(=O)Nc2nc3ccc(Cl)c(C(=O)N(C)C)c3n21. The molecule has 172 valence electrons. The Hall–Kier alpha value is -3.39. The first kappa shape index (κ1) is 22.8. The number of anilines is 1. The molecule has 8 nitrogen and oxygen atoms in total. The molecule has 3 amide bonds. The highest BCUT2D eigenvalue weighted by atomic mass is 35.5. The van der Waals surface area contributed by atoms with Gasteiger partial charge in [-0.25, -0.2) is 4.98 Å². The topological polar surface area (TPSA) is 96.3 Å². The van der Waals surface area contributed by atoms with E-state index in [0.29, 0.717) is 45.2 Å². The molecular weight excluding hydrogens is 442 g/mol. The minimum absolute atomic E-state index is 0.0811. The van der Waals surface area contributed by atoms with Gasteiger partial charge >= 0.3 is 0 Å². The zero-order valence-electron chi connectivity index (χ0n) is 18.8. The van der Waals surface area contributed by atoms with Gasteiger partial charge in [0.05, 0.1) is 21.6 Å². The Morgan fingerprint density at radius 2 is 1.85 bits per heavy atom. The van der Waals surface area contributed by atoms with Gasteiger partial charge in [0.2, 0.25) is 5.95 Å². The average molecular weight is 468 g/mol. The van der Waals surface area contributed by atoms with Crippen molar-refractivity contribution >= 4 is 46.3 Å². The molecule has 0 spiro atoms. The van der Waals surface area contributed by atoms with Crippen LogP contribution < -0.4 is 10.6 Å². The number of rotatable bonds is 1. The second kappa shape index (κ2) is 9.23. The zero-order valence-corrected chi connectivity index (χ0v) is 19.6. The fraction of sp³-hybridized carbons (Fsp3) is 0.333. The van der Waals surface area contributed by atoms with Crippen molar-refractivity contribution in [3.05, 3.63) is 58.1 Å². The number of nitrogens with one attached hydrogen (secondary N) is 2. The summed E-state index contributed by atoms with van der Waals surface area (Å²) in [6, 6.07) is 9.88. The molecule has 1 aliphatic rings. The lowest BCUT2D eigenvalue weighted by Crippen LogP contribution is -2.26. The second-order valence-corrected chi connectivity index (χ2v) is 8.84. The average Bonchev–Trinajstić information content (AvgIpc) is 3.15. The summed E-state index contributed by atoms with van der Waals surface area (Å²) < 4.78 is 1.89. The Morgan fingerprint density at radius 1 is 1.12 bits per heavy atom. The minimum atomic E-state index is -0.392. The van der Waals surface area contributed by atoms with E-state index in [1.807, 2.05) is 11.5 Å². The lowest BCUT2D eigenvalue weighted by Gasteiger charge is -2.21. The number of amides is 3. The van der Waals surface area contributed by atoms with Crippen LogP contribution in [0.5, 0.6) is 0 Å². The van der Waals surface area contributed by atoms with E-state index in [2.05, 4.69) is 15.6 Å². The minimum Gasteiger partial charge on any atom is -0.352 e. The normalized spacial score (nSPS) is 17.0. The largest absolute Gasteiger partial charge is 0.352 e. The van der Waals surface area contributed by atoms with Crippen molar-refractivity contribution in [2.75, 3.05) is 26.0 Å². The smallest absolute Gasteiger partial charge is 0.257 e. The Labute approximate surface area is 196 Å². The molecule has 0 fully saturated rings. The molecule has 1 aliphatic heterocycles. The first-order chi connectivity index (χ1) is 15.8. The van der Waals surface area contributed by atoms with Crippen molar-refractivity contribution in [2.45, 2.75) is 32.2 Å². The van der Waals surface area contributed by atoms with Gasteiger partial charge in [0, 0.05) is 37.8 Å². The van der Waals surface area contributed by atoms with Gasteiger partial charge in [0.25, 0.3) is 17.7 Å². The van der Waals surface area contributed by atoms with Gasteiger partial charge in [-0.1, -0.05) is 17.7 Å². The van der Waals surface area contributed by atoms with Crippen molar-refractivity contribution in [1.29, 1.82) is 0 Å². The molecule has 0 saturated heterocycles. The number of hydrogen-bond donors (Lipinski definition) is 2. The molecule has 0 aliphatic carbocycles. The molecule has 33 heavy (non-hydrogen) atoms. The van der Waals surface area contributed by atoms with Crippen LogP contribution in [0.25, 0.3) is 11.0 Å². The number of imidazole rings is 1. The molecule has 2 bridgehead atoms. The zero-order chi connectivity index (χ0) is 23.7. The maximum absolute atomic E-state index is 13.1. The number of carbonyl (C=O) groups is 3. The standard InChI is InChI=1S/C24H26ClN5O3/c1-14-7-4-5-12-26-21(31)15-8-6-9-16(13-15)22(32)28-24-27-18-11-10-17(25)19(20(18)30(14)24)23(33)29(2)3/h6,8-11,13-14H,4-5,7,12H2,1-3H3,(H,26,31)(H,27,28,32)/t14-/m1/s1. The Morgan fingerprint density at radius 3 is 2.58 bits per heavy atom. The van der Waals surface area contributed by atoms with E-state index < -0.39 is 5.91 Å². The third kappa shape index (κ3) is 4.43. The van der Waals surface area contributed by atoms with Gasteiger partial charge in [-0.3, -0.25) is 19.7 Å². The van der Waals surface area contributed by atoms with Crippen LogP contribution in [0.1, 0.15) is 63.3 Å². The Bertz CT molecular complexity index is 1250. The number of nitrogens with zero attached hydrogens (tertiary/aromatic N) is 3. The summed E-state index contributed by atoms with van der Waals surface area (Å²) in [5, 5.41) is 6.12. The Balaban J connectivity index is 1.89. The van der Waals surface area contributed by atoms with E-state index in [0.717, 1.165) is 19.3 Å². The summed E-state index contributed by atoms with van der Waals surface area (Å²) in [5.41, 5.74) is 2.29. The predicted octanol–water partition coefficient (Wildman–Crippen LogP) is 4.12. The first-order valence-electron chi connectivity index (χ1n) is 10.9. The Kier molecular flexibility index (Phi) is 6.37. The summed E-state index contributed by atoms with van der Waals surface area (Å²) >= 11 is 6.48. The molecule has 2 aromatic carbocycles. The van der Waals surface area contributed by atoms with Crippen LogP contribution >= 0.6 is 11.6 Å². The third-order valence-corrected chi connectivity index (χ3v) is 6.12. The van der Waals surface area contributed by atoms with E-state index in [-0.39, 0.29) is 17.9 Å². The van der Waals surface area contributed by atoms with Gasteiger partial charge in [-0.15, -0.1) is 0 Å². The van der Waals surface area contributed by atoms with Crippen molar-refractivity contribution in [2.24, 2.45) is 0 Å². The quantitative estimate of drug-likeness (QED) is 0.562. The van der Waals surface area contributed by atoms with Gasteiger partial charge in [-0.2, -0.15) is 0 Å². The van der Waals surface area contributed by atoms with Crippen LogP contribution in [0, 0.1) is 0 Å². The molecule has 1 aromatic heterocycles. The van der Waals surface area contributed by atoms with Crippen LogP contribution in [-0.4, -0.2) is 52.8 Å². The second-order valence-electron chi connectivity index (χ2n) is 8.43. The monoisotopic (exact) mass is 467 g/mol. The number of halogens is 1. The summed E-state index contributed by atoms with van der Waals surface area (Å²) in [4.78, 5) is 44.6. The molecule has 1 atom stereocenters. The molecule has 0 saturated carbocycles. The predicted molar refractivity (Wildman–Crippen MR) is 128 cm³/mol. The molecule has 0 unspecified atom stereocenters. The van der Waals surface area contributed by atoms with Crippen molar-refractivity contribution in [3.8, 4) is 0 Å². The van der Waals surface area contributed by atoms with E-state index >= 15 is 0 Å². The van der Waals surface area contributed by atoms with Gasteiger partial charge in [0.1, 0.15) is 0 Å². The molecule has 9 heteroatoms. The highest BCUT2D eigenvalue weighted by Gasteiger charge is 2.26. The summed E-state index contributed by atoms with van der Waals surface area (Å²) in [5.74, 6) is -0.494. The molecule has 3 aromatic rings. The van der Waals surface area contributed by atoms with Crippen LogP contribution in [0.2, 0.25) is 5.02 Å².